The van der Waals surface area contributed by atoms with Crippen LogP contribution < -0.4 is 4.13 Å². The van der Waals surface area contributed by atoms with Crippen molar-refractivity contribution in [2.75, 3.05) is 7.11 Å². The van der Waals surface area contributed by atoms with Crippen molar-refractivity contribution >= 4 is 34.9 Å². The zero-order valence-electron chi connectivity index (χ0n) is 7.48. The molecule has 6 heteroatoms. The summed E-state index contributed by atoms with van der Waals surface area (Å²) in [5, 5.41) is 0. The van der Waals surface area contributed by atoms with Gasteiger partial charge in [0.25, 0.3) is 0 Å². The van der Waals surface area contributed by atoms with E-state index in [1.54, 1.807) is 0 Å². The van der Waals surface area contributed by atoms with E-state index in [1.807, 2.05) is 12.1 Å². The first kappa shape index (κ1) is 11.4. The average molecular weight is 239 g/mol. The molecule has 1 unspecified atom stereocenters. The molecule has 0 saturated carbocycles. The first-order valence-corrected chi connectivity index (χ1v) is 6.55. The summed E-state index contributed by atoms with van der Waals surface area (Å²) in [6, 6.07) is 3.85. The Kier molecular flexibility index (Phi) is 4.08. The summed E-state index contributed by atoms with van der Waals surface area (Å²) in [7, 11) is -0.888. The highest BCUT2D eigenvalue weighted by molar-refractivity contribution is 8.28. The second kappa shape index (κ2) is 4.68. The van der Waals surface area contributed by atoms with Crippen LogP contribution in [-0.2, 0) is 10.6 Å². The molecule has 0 aromatic carbocycles. The molecule has 76 valence electrons. The number of nitrogens with one attached hydrogen (secondary N) is 1. The van der Waals surface area contributed by atoms with E-state index in [4.69, 9.17) is 4.18 Å². The van der Waals surface area contributed by atoms with Gasteiger partial charge < -0.3 is 0 Å². The Labute approximate surface area is 89.5 Å². The molecule has 1 heterocycles. The molecule has 0 radical (unpaired) electrons. The van der Waals surface area contributed by atoms with E-state index in [-0.39, 0.29) is 0 Å². The molecule has 1 atom stereocenters. The summed E-state index contributed by atoms with van der Waals surface area (Å²) in [6.07, 6.45) is 0.969. The van der Waals surface area contributed by atoms with Crippen LogP contribution in [0.1, 0.15) is 11.8 Å². The van der Waals surface area contributed by atoms with E-state index in [0.717, 1.165) is 10.6 Å². The van der Waals surface area contributed by atoms with E-state index in [1.165, 1.54) is 23.3 Å². The lowest BCUT2D eigenvalue weighted by Gasteiger charge is -2.33. The van der Waals surface area contributed by atoms with Gasteiger partial charge >= 0.3 is 0 Å². The van der Waals surface area contributed by atoms with Crippen molar-refractivity contribution in [1.82, 2.24) is 4.13 Å². The quantitative estimate of drug-likeness (QED) is 0.708. The van der Waals surface area contributed by atoms with Gasteiger partial charge in [-0.05, 0) is 18.6 Å². The molecular weight excluding hydrogens is 226 g/mol. The maximum Gasteiger partial charge on any atom is 0.129 e. The Bertz CT molecular complexity index is 272. The zero-order valence-corrected chi connectivity index (χ0v) is 10.0. The fourth-order valence-corrected chi connectivity index (χ4v) is 3.92. The lowest BCUT2D eigenvalue weighted by molar-refractivity contribution is 0.395. The normalized spacial score (nSPS) is 18.2. The number of hydrogen-bond donors (Lipinski definition) is 3. The summed E-state index contributed by atoms with van der Waals surface area (Å²) in [4.78, 5) is 1.22. The molecule has 1 rings (SSSR count). The number of thiol groups is 1. The fourth-order valence-electron chi connectivity index (χ4n) is 0.861. The molecule has 0 spiro atoms. The largest absolute Gasteiger partial charge is 0.280 e. The number of rotatable bonds is 4. The second-order valence-electron chi connectivity index (χ2n) is 2.36. The van der Waals surface area contributed by atoms with Crippen LogP contribution in [0.3, 0.4) is 0 Å². The van der Waals surface area contributed by atoms with Crippen molar-refractivity contribution in [3.63, 3.8) is 0 Å². The Hall–Kier alpha value is 0.280. The number of aryl methyl sites for hydroxylation is 1. The van der Waals surface area contributed by atoms with Crippen LogP contribution >= 0.6 is 34.9 Å². The first-order chi connectivity index (χ1) is 6.16. The van der Waals surface area contributed by atoms with Gasteiger partial charge in [-0.25, -0.2) is 0 Å². The van der Waals surface area contributed by atoms with E-state index in [9.17, 15) is 4.55 Å². The van der Waals surface area contributed by atoms with Gasteiger partial charge in [-0.2, -0.15) is 4.13 Å². The predicted molar refractivity (Wildman–Crippen MR) is 61.3 cm³/mol. The van der Waals surface area contributed by atoms with Crippen molar-refractivity contribution in [1.29, 1.82) is 0 Å². The molecule has 0 aliphatic carbocycles. The monoisotopic (exact) mass is 239 g/mol. The van der Waals surface area contributed by atoms with Crippen LogP contribution in [0, 0.1) is 0 Å². The molecule has 0 fully saturated rings. The molecule has 13 heavy (non-hydrogen) atoms. The zero-order chi connectivity index (χ0) is 9.90. The summed E-state index contributed by atoms with van der Waals surface area (Å²) in [5.41, 5.74) is 0. The molecule has 2 N–H and O–H groups in total. The Morgan fingerprint density at radius 3 is 2.77 bits per heavy atom. The average Bonchev–Trinajstić information content (AvgIpc) is 2.65. The van der Waals surface area contributed by atoms with Gasteiger partial charge in [0, 0.05) is 4.88 Å². The van der Waals surface area contributed by atoms with E-state index in [0.29, 0.717) is 0 Å². The second-order valence-corrected chi connectivity index (χ2v) is 6.34. The van der Waals surface area contributed by atoms with Crippen molar-refractivity contribution in [2.45, 2.75) is 17.6 Å². The third-order valence-corrected chi connectivity index (χ3v) is 5.73. The summed E-state index contributed by atoms with van der Waals surface area (Å²) in [6.45, 7) is 2.07. The van der Waals surface area contributed by atoms with Gasteiger partial charge in [-0.15, -0.1) is 11.3 Å². The minimum absolute atomic E-state index is 0.793. The van der Waals surface area contributed by atoms with Crippen molar-refractivity contribution in [3.05, 3.63) is 17.0 Å². The summed E-state index contributed by atoms with van der Waals surface area (Å²) >= 11 is 5.39. The standard InChI is InChI=1S/C7H13NO2S3/c1-3-6-4-5-7(12-6)13(9,8-11)10-2/h4-5,8-9,11H,3H2,1-2H3. The predicted octanol–water partition coefficient (Wildman–Crippen LogP) is 2.86. The van der Waals surface area contributed by atoms with Gasteiger partial charge in [-0.3, -0.25) is 8.74 Å². The fraction of sp³-hybridized carbons (Fsp3) is 0.429. The lowest BCUT2D eigenvalue weighted by atomic mass is 10.4. The molecule has 0 aliphatic heterocycles. The van der Waals surface area contributed by atoms with Crippen LogP contribution in [0.25, 0.3) is 0 Å². The highest BCUT2D eigenvalue weighted by Crippen LogP contribution is 2.52. The third kappa shape index (κ3) is 2.39. The molecule has 0 amide bonds. The topological polar surface area (TPSA) is 41.5 Å². The maximum atomic E-state index is 9.89. The van der Waals surface area contributed by atoms with Crippen molar-refractivity contribution in [3.8, 4) is 0 Å². The lowest BCUT2D eigenvalue weighted by Crippen LogP contribution is -2.11. The van der Waals surface area contributed by atoms with Crippen molar-refractivity contribution in [2.24, 2.45) is 0 Å². The molecule has 0 aliphatic rings. The highest BCUT2D eigenvalue weighted by atomic mass is 32.3. The van der Waals surface area contributed by atoms with Crippen LogP contribution in [-0.4, -0.2) is 11.7 Å². The van der Waals surface area contributed by atoms with Gasteiger partial charge in [0.1, 0.15) is 4.21 Å². The number of thiophene rings is 1. The molecule has 3 nitrogen and oxygen atoms in total. The smallest absolute Gasteiger partial charge is 0.129 e. The minimum Gasteiger partial charge on any atom is -0.280 e. The molecule has 0 saturated heterocycles. The summed E-state index contributed by atoms with van der Waals surface area (Å²) < 4.78 is 18.2. The molecule has 1 aromatic heterocycles. The molecule has 1 aromatic rings. The van der Waals surface area contributed by atoms with Gasteiger partial charge in [0.05, 0.1) is 7.11 Å². The highest BCUT2D eigenvalue weighted by Gasteiger charge is 2.18. The van der Waals surface area contributed by atoms with Gasteiger partial charge in [0.15, 0.2) is 0 Å². The molecule has 0 bridgehead atoms. The maximum absolute atomic E-state index is 9.89. The minimum atomic E-state index is -2.35. The SMILES string of the molecule is CCc1ccc(S(O)(NS)OC)s1. The Balaban J connectivity index is 2.91. The van der Waals surface area contributed by atoms with Crippen LogP contribution in [0.15, 0.2) is 16.3 Å². The summed E-state index contributed by atoms with van der Waals surface area (Å²) in [5.74, 6) is 0. The van der Waals surface area contributed by atoms with E-state index in [2.05, 4.69) is 23.9 Å². The molecular formula is C7H13NO2S3. The first-order valence-electron chi connectivity index (χ1n) is 3.77. The van der Waals surface area contributed by atoms with E-state index < -0.39 is 10.8 Å². The van der Waals surface area contributed by atoms with Crippen LogP contribution in [0.4, 0.5) is 0 Å². The van der Waals surface area contributed by atoms with Gasteiger partial charge in [0.2, 0.25) is 0 Å². The Morgan fingerprint density at radius 1 is 1.69 bits per heavy atom. The van der Waals surface area contributed by atoms with Crippen molar-refractivity contribution < 1.29 is 8.74 Å². The van der Waals surface area contributed by atoms with Gasteiger partial charge in [-0.1, -0.05) is 30.5 Å². The van der Waals surface area contributed by atoms with E-state index >= 15 is 0 Å². The Morgan fingerprint density at radius 2 is 2.38 bits per heavy atom. The van der Waals surface area contributed by atoms with Crippen LogP contribution in [0.2, 0.25) is 0 Å². The number of hydrogen-bond acceptors (Lipinski definition) is 5. The third-order valence-electron chi connectivity index (χ3n) is 1.62. The van der Waals surface area contributed by atoms with Crippen LogP contribution in [0.5, 0.6) is 0 Å².